The van der Waals surface area contributed by atoms with Gasteiger partial charge in [0.2, 0.25) is 5.91 Å². The fourth-order valence-corrected chi connectivity index (χ4v) is 4.70. The molecule has 0 saturated heterocycles. The lowest BCUT2D eigenvalue weighted by atomic mass is 9.99. The van der Waals surface area contributed by atoms with Crippen molar-refractivity contribution < 1.29 is 9.53 Å². The van der Waals surface area contributed by atoms with Gasteiger partial charge in [-0.1, -0.05) is 60.6 Å². The molecular weight excluding hydrogens is 490 g/mol. The number of thioether (sulfide) groups is 1. The summed E-state index contributed by atoms with van der Waals surface area (Å²) in [4.78, 5) is 17.6. The molecule has 0 atom stereocenters. The summed E-state index contributed by atoms with van der Waals surface area (Å²) in [6.07, 6.45) is 0.818. The van der Waals surface area contributed by atoms with Crippen LogP contribution in [-0.4, -0.2) is 23.8 Å². The second-order valence-electron chi connectivity index (χ2n) is 7.93. The first-order valence-electron chi connectivity index (χ1n) is 11.4. The minimum Gasteiger partial charge on any atom is -0.497 e. The van der Waals surface area contributed by atoms with E-state index in [-0.39, 0.29) is 11.7 Å². The Balaban J connectivity index is 1.69. The number of anilines is 1. The van der Waals surface area contributed by atoms with Gasteiger partial charge in [-0.15, -0.1) is 0 Å². The first-order chi connectivity index (χ1) is 17.5. The van der Waals surface area contributed by atoms with Gasteiger partial charge in [0.1, 0.15) is 16.8 Å². The van der Waals surface area contributed by atoms with Gasteiger partial charge in [0.25, 0.3) is 0 Å². The molecular formula is C29H24ClN3O2S. The van der Waals surface area contributed by atoms with Crippen molar-refractivity contribution in [3.8, 4) is 34.2 Å². The van der Waals surface area contributed by atoms with Crippen molar-refractivity contribution in [2.75, 3.05) is 18.2 Å². The molecule has 0 unspecified atom stereocenters. The van der Waals surface area contributed by atoms with Gasteiger partial charge in [-0.05, 0) is 66.1 Å². The molecule has 3 aromatic carbocycles. The van der Waals surface area contributed by atoms with Crippen molar-refractivity contribution in [3.05, 3.63) is 95.0 Å². The molecule has 0 bridgehead atoms. The third-order valence-corrected chi connectivity index (χ3v) is 6.88. The molecule has 36 heavy (non-hydrogen) atoms. The zero-order valence-electron chi connectivity index (χ0n) is 19.9. The molecule has 1 amide bonds. The zero-order valence-corrected chi connectivity index (χ0v) is 21.5. The van der Waals surface area contributed by atoms with E-state index < -0.39 is 0 Å². The Kier molecular flexibility index (Phi) is 8.27. The summed E-state index contributed by atoms with van der Waals surface area (Å²) < 4.78 is 5.28. The molecule has 7 heteroatoms. The Morgan fingerprint density at radius 3 is 2.42 bits per heavy atom. The topological polar surface area (TPSA) is 75.0 Å². The zero-order chi connectivity index (χ0) is 25.5. The van der Waals surface area contributed by atoms with Crippen LogP contribution in [0.15, 0.2) is 83.9 Å². The number of aromatic nitrogens is 1. The van der Waals surface area contributed by atoms with Crippen molar-refractivity contribution >= 4 is 35.0 Å². The number of pyridine rings is 1. The van der Waals surface area contributed by atoms with E-state index in [2.05, 4.69) is 11.4 Å². The summed E-state index contributed by atoms with van der Waals surface area (Å²) in [7, 11) is 1.62. The number of para-hydroxylation sites is 1. The monoisotopic (exact) mass is 513 g/mol. The van der Waals surface area contributed by atoms with E-state index in [1.165, 1.54) is 11.8 Å². The molecule has 0 fully saturated rings. The second-order valence-corrected chi connectivity index (χ2v) is 9.33. The van der Waals surface area contributed by atoms with Crippen LogP contribution in [0.1, 0.15) is 18.1 Å². The molecule has 180 valence electrons. The van der Waals surface area contributed by atoms with Crippen LogP contribution in [0.3, 0.4) is 0 Å². The van der Waals surface area contributed by atoms with Gasteiger partial charge in [0, 0.05) is 21.8 Å². The molecule has 1 N–H and O–H groups in total. The summed E-state index contributed by atoms with van der Waals surface area (Å²) in [6.45, 7) is 2.05. The van der Waals surface area contributed by atoms with Crippen molar-refractivity contribution in [1.29, 1.82) is 5.26 Å². The number of hydrogen-bond donors (Lipinski definition) is 1. The molecule has 0 saturated carbocycles. The molecule has 4 rings (SSSR count). The van der Waals surface area contributed by atoms with E-state index in [0.717, 1.165) is 40.1 Å². The number of amides is 1. The number of nitrogens with one attached hydrogen (secondary N) is 1. The second kappa shape index (κ2) is 11.8. The minimum absolute atomic E-state index is 0.117. The van der Waals surface area contributed by atoms with E-state index in [4.69, 9.17) is 21.3 Å². The molecule has 0 aliphatic heterocycles. The van der Waals surface area contributed by atoms with E-state index in [1.54, 1.807) is 19.2 Å². The molecule has 4 aromatic rings. The van der Waals surface area contributed by atoms with Crippen LogP contribution in [-0.2, 0) is 11.2 Å². The van der Waals surface area contributed by atoms with Crippen LogP contribution in [0.2, 0.25) is 5.02 Å². The van der Waals surface area contributed by atoms with Gasteiger partial charge in [-0.25, -0.2) is 4.98 Å². The third kappa shape index (κ3) is 5.88. The molecule has 0 spiro atoms. The Hall–Kier alpha value is -3.79. The molecule has 5 nitrogen and oxygen atoms in total. The van der Waals surface area contributed by atoms with E-state index in [9.17, 15) is 10.1 Å². The van der Waals surface area contributed by atoms with Crippen LogP contribution >= 0.6 is 23.4 Å². The fraction of sp³-hybridized carbons (Fsp3) is 0.138. The largest absolute Gasteiger partial charge is 0.497 e. The molecule has 0 radical (unpaired) electrons. The normalized spacial score (nSPS) is 10.5. The van der Waals surface area contributed by atoms with Crippen LogP contribution in [0.5, 0.6) is 5.75 Å². The number of methoxy groups -OCH3 is 1. The lowest BCUT2D eigenvalue weighted by Crippen LogP contribution is -2.15. The SMILES string of the molecule is CCc1ccccc1NC(=O)CSc1nc(-c2ccc(OC)cc2)cc(-c2ccc(Cl)cc2)c1C#N. The van der Waals surface area contributed by atoms with Crippen LogP contribution in [0.4, 0.5) is 5.69 Å². The maximum Gasteiger partial charge on any atom is 0.234 e. The highest BCUT2D eigenvalue weighted by Gasteiger charge is 2.17. The Labute approximate surface area is 220 Å². The number of rotatable bonds is 8. The van der Waals surface area contributed by atoms with Gasteiger partial charge in [0.05, 0.1) is 24.1 Å². The lowest BCUT2D eigenvalue weighted by molar-refractivity contribution is -0.113. The Morgan fingerprint density at radius 1 is 1.06 bits per heavy atom. The first kappa shape index (κ1) is 25.3. The van der Waals surface area contributed by atoms with Crippen LogP contribution < -0.4 is 10.1 Å². The summed E-state index contributed by atoms with van der Waals surface area (Å²) in [5, 5.41) is 14.2. The molecule has 1 heterocycles. The van der Waals surface area contributed by atoms with Gasteiger partial charge in [-0.2, -0.15) is 5.26 Å². The van der Waals surface area contributed by atoms with Crippen LogP contribution in [0.25, 0.3) is 22.4 Å². The first-order valence-corrected chi connectivity index (χ1v) is 12.7. The summed E-state index contributed by atoms with van der Waals surface area (Å²) >= 11 is 7.34. The minimum atomic E-state index is -0.158. The van der Waals surface area contributed by atoms with Gasteiger partial charge < -0.3 is 10.1 Å². The number of hydrogen-bond acceptors (Lipinski definition) is 5. The van der Waals surface area contributed by atoms with Crippen molar-refractivity contribution in [3.63, 3.8) is 0 Å². The van der Waals surface area contributed by atoms with Gasteiger partial charge in [0.15, 0.2) is 0 Å². The van der Waals surface area contributed by atoms with E-state index in [0.29, 0.717) is 21.3 Å². The number of aryl methyl sites for hydroxylation is 1. The molecule has 1 aromatic heterocycles. The Bertz CT molecular complexity index is 1410. The summed E-state index contributed by atoms with van der Waals surface area (Å²) in [5.74, 6) is 0.699. The average molecular weight is 514 g/mol. The smallest absolute Gasteiger partial charge is 0.234 e. The number of benzene rings is 3. The lowest BCUT2D eigenvalue weighted by Gasteiger charge is -2.13. The maximum atomic E-state index is 12.8. The van der Waals surface area contributed by atoms with Crippen molar-refractivity contribution in [1.82, 2.24) is 4.98 Å². The van der Waals surface area contributed by atoms with Crippen molar-refractivity contribution in [2.45, 2.75) is 18.4 Å². The summed E-state index contributed by atoms with van der Waals surface area (Å²) in [5.41, 5.74) is 5.43. The number of nitrogens with zero attached hydrogens (tertiary/aromatic N) is 2. The molecule has 0 aliphatic rings. The highest BCUT2D eigenvalue weighted by molar-refractivity contribution is 8.00. The quantitative estimate of drug-likeness (QED) is 0.251. The standard InChI is InChI=1S/C29H24ClN3O2S/c1-3-19-6-4-5-7-26(19)32-28(34)18-36-29-25(17-31)24(20-8-12-22(30)13-9-20)16-27(33-29)21-10-14-23(35-2)15-11-21/h4-16H,3,18H2,1-2H3,(H,32,34). The highest BCUT2D eigenvalue weighted by Crippen LogP contribution is 2.35. The van der Waals surface area contributed by atoms with Crippen LogP contribution in [0, 0.1) is 11.3 Å². The van der Waals surface area contributed by atoms with E-state index >= 15 is 0 Å². The predicted molar refractivity (Wildman–Crippen MR) is 147 cm³/mol. The third-order valence-electron chi connectivity index (χ3n) is 5.65. The van der Waals surface area contributed by atoms with Crippen molar-refractivity contribution in [2.24, 2.45) is 0 Å². The van der Waals surface area contributed by atoms with E-state index in [1.807, 2.05) is 73.7 Å². The predicted octanol–water partition coefficient (Wildman–Crippen LogP) is 7.24. The number of carbonyl (C=O) groups is 1. The van der Waals surface area contributed by atoms with Gasteiger partial charge >= 0.3 is 0 Å². The molecule has 0 aliphatic carbocycles. The number of ether oxygens (including phenoxy) is 1. The highest BCUT2D eigenvalue weighted by atomic mass is 35.5. The Morgan fingerprint density at radius 2 is 1.75 bits per heavy atom. The number of nitriles is 1. The number of carbonyl (C=O) groups excluding carboxylic acids is 1. The van der Waals surface area contributed by atoms with Gasteiger partial charge in [-0.3, -0.25) is 4.79 Å². The number of halogens is 1. The fourth-order valence-electron chi connectivity index (χ4n) is 3.77. The maximum absolute atomic E-state index is 12.8. The summed E-state index contributed by atoms with van der Waals surface area (Å²) in [6, 6.07) is 26.8. The average Bonchev–Trinajstić information content (AvgIpc) is 2.92.